The van der Waals surface area contributed by atoms with Crippen LogP contribution in [0, 0.1) is 0 Å². The fourth-order valence-electron chi connectivity index (χ4n) is 2.67. The van der Waals surface area contributed by atoms with Gasteiger partial charge in [0, 0.05) is 12.6 Å². The zero-order chi connectivity index (χ0) is 15.5. The van der Waals surface area contributed by atoms with Crippen LogP contribution in [0.25, 0.3) is 0 Å². The zero-order valence-corrected chi connectivity index (χ0v) is 13.1. The third kappa shape index (κ3) is 4.74. The third-order valence-corrected chi connectivity index (χ3v) is 3.63. The van der Waals surface area contributed by atoms with E-state index in [-0.39, 0.29) is 18.2 Å². The van der Waals surface area contributed by atoms with Crippen LogP contribution in [0.5, 0.6) is 0 Å². The first kappa shape index (κ1) is 15.8. The molecule has 4 heteroatoms. The van der Waals surface area contributed by atoms with Gasteiger partial charge in [0.15, 0.2) is 0 Å². The minimum absolute atomic E-state index is 0.00833. The topological polar surface area (TPSA) is 49.8 Å². The standard InChI is InChI=1S/C17H25NO3/c1-17(2,3)21-16(20)18-10-9-15(19)12-14(18)11-13-7-5-4-6-8-13/h4-8,14-15,19H,9-12H2,1-3H3/t14-,15-/m1/s1. The summed E-state index contributed by atoms with van der Waals surface area (Å²) in [5, 5.41) is 9.91. The molecule has 0 spiro atoms. The molecule has 2 rings (SSSR count). The average molecular weight is 291 g/mol. The number of hydrogen-bond donors (Lipinski definition) is 1. The number of ether oxygens (including phenoxy) is 1. The Kier molecular flexibility index (Phi) is 4.88. The summed E-state index contributed by atoms with van der Waals surface area (Å²) in [7, 11) is 0. The SMILES string of the molecule is CC(C)(C)OC(=O)N1CC[C@@H](O)C[C@H]1Cc1ccccc1. The Morgan fingerprint density at radius 1 is 1.33 bits per heavy atom. The average Bonchev–Trinajstić information content (AvgIpc) is 2.37. The molecule has 1 aliphatic rings. The van der Waals surface area contributed by atoms with E-state index in [4.69, 9.17) is 4.74 Å². The molecule has 0 radical (unpaired) electrons. The van der Waals surface area contributed by atoms with Crippen molar-refractivity contribution in [2.24, 2.45) is 0 Å². The van der Waals surface area contributed by atoms with E-state index in [0.717, 1.165) is 6.42 Å². The van der Waals surface area contributed by atoms with Crippen LogP contribution in [0.2, 0.25) is 0 Å². The normalized spacial score (nSPS) is 23.0. The van der Waals surface area contributed by atoms with Crippen molar-refractivity contribution in [2.75, 3.05) is 6.54 Å². The smallest absolute Gasteiger partial charge is 0.410 e. The fraction of sp³-hybridized carbons (Fsp3) is 0.588. The molecule has 1 aromatic rings. The molecule has 21 heavy (non-hydrogen) atoms. The number of likely N-dealkylation sites (tertiary alicyclic amines) is 1. The number of aliphatic hydroxyl groups excluding tert-OH is 1. The van der Waals surface area contributed by atoms with Crippen molar-refractivity contribution in [3.8, 4) is 0 Å². The molecule has 1 amide bonds. The van der Waals surface area contributed by atoms with Crippen molar-refractivity contribution in [3.05, 3.63) is 35.9 Å². The van der Waals surface area contributed by atoms with Crippen LogP contribution < -0.4 is 0 Å². The number of nitrogens with zero attached hydrogens (tertiary/aromatic N) is 1. The Morgan fingerprint density at radius 3 is 2.62 bits per heavy atom. The van der Waals surface area contributed by atoms with Crippen LogP contribution in [-0.4, -0.2) is 40.4 Å². The van der Waals surface area contributed by atoms with Crippen LogP contribution in [0.1, 0.15) is 39.2 Å². The molecule has 0 bridgehead atoms. The van der Waals surface area contributed by atoms with Gasteiger partial charge in [0.05, 0.1) is 6.10 Å². The van der Waals surface area contributed by atoms with Crippen LogP contribution in [0.15, 0.2) is 30.3 Å². The summed E-state index contributed by atoms with van der Waals surface area (Å²) in [5.41, 5.74) is 0.676. The highest BCUT2D eigenvalue weighted by Crippen LogP contribution is 2.23. The summed E-state index contributed by atoms with van der Waals surface area (Å²) in [6.07, 6.45) is 1.35. The summed E-state index contributed by atoms with van der Waals surface area (Å²) < 4.78 is 5.49. The molecular weight excluding hydrogens is 266 g/mol. The molecule has 4 nitrogen and oxygen atoms in total. The Labute approximate surface area is 126 Å². The van der Waals surface area contributed by atoms with Crippen molar-refractivity contribution < 1.29 is 14.6 Å². The van der Waals surface area contributed by atoms with E-state index in [2.05, 4.69) is 0 Å². The second-order valence-electron chi connectivity index (χ2n) is 6.70. The number of carbonyl (C=O) groups is 1. The highest BCUT2D eigenvalue weighted by molar-refractivity contribution is 5.68. The summed E-state index contributed by atoms with van der Waals surface area (Å²) in [5.74, 6) is 0. The molecule has 1 aliphatic heterocycles. The maximum Gasteiger partial charge on any atom is 0.410 e. The predicted molar refractivity (Wildman–Crippen MR) is 82.1 cm³/mol. The van der Waals surface area contributed by atoms with Gasteiger partial charge in [-0.3, -0.25) is 0 Å². The van der Waals surface area contributed by atoms with E-state index in [1.165, 1.54) is 5.56 Å². The highest BCUT2D eigenvalue weighted by atomic mass is 16.6. The first-order chi connectivity index (χ1) is 9.85. The second-order valence-corrected chi connectivity index (χ2v) is 6.70. The van der Waals surface area contributed by atoms with E-state index in [9.17, 15) is 9.90 Å². The number of rotatable bonds is 2. The molecule has 1 fully saturated rings. The van der Waals surface area contributed by atoms with E-state index in [1.807, 2.05) is 51.1 Å². The molecule has 1 aromatic carbocycles. The van der Waals surface area contributed by atoms with Crippen molar-refractivity contribution in [1.82, 2.24) is 4.90 Å². The highest BCUT2D eigenvalue weighted by Gasteiger charge is 2.33. The maximum atomic E-state index is 12.3. The predicted octanol–water partition coefficient (Wildman–Crippen LogP) is 2.99. The van der Waals surface area contributed by atoms with Crippen molar-refractivity contribution in [3.63, 3.8) is 0 Å². The summed E-state index contributed by atoms with van der Waals surface area (Å²) in [4.78, 5) is 14.1. The largest absolute Gasteiger partial charge is 0.444 e. The Balaban J connectivity index is 2.08. The Hall–Kier alpha value is -1.55. The van der Waals surface area contributed by atoms with E-state index in [0.29, 0.717) is 19.4 Å². The van der Waals surface area contributed by atoms with Gasteiger partial charge in [-0.15, -0.1) is 0 Å². The van der Waals surface area contributed by atoms with Gasteiger partial charge in [-0.25, -0.2) is 4.79 Å². The van der Waals surface area contributed by atoms with Crippen LogP contribution >= 0.6 is 0 Å². The lowest BCUT2D eigenvalue weighted by Gasteiger charge is -2.38. The minimum atomic E-state index is -0.496. The molecule has 0 aliphatic carbocycles. The van der Waals surface area contributed by atoms with Crippen LogP contribution in [-0.2, 0) is 11.2 Å². The van der Waals surface area contributed by atoms with E-state index >= 15 is 0 Å². The number of benzene rings is 1. The number of amides is 1. The van der Waals surface area contributed by atoms with Crippen molar-refractivity contribution in [1.29, 1.82) is 0 Å². The van der Waals surface area contributed by atoms with Crippen molar-refractivity contribution in [2.45, 2.75) is 57.8 Å². The minimum Gasteiger partial charge on any atom is -0.444 e. The number of hydrogen-bond acceptors (Lipinski definition) is 3. The van der Waals surface area contributed by atoms with Crippen LogP contribution in [0.4, 0.5) is 4.79 Å². The van der Waals surface area contributed by atoms with Gasteiger partial charge in [0.1, 0.15) is 5.60 Å². The van der Waals surface area contributed by atoms with Crippen molar-refractivity contribution >= 4 is 6.09 Å². The monoisotopic (exact) mass is 291 g/mol. The number of piperidine rings is 1. The second kappa shape index (κ2) is 6.48. The van der Waals surface area contributed by atoms with Gasteiger partial charge in [-0.05, 0) is 45.6 Å². The molecular formula is C17H25NO3. The molecule has 1 saturated heterocycles. The molecule has 1 heterocycles. The van der Waals surface area contributed by atoms with Crippen LogP contribution in [0.3, 0.4) is 0 Å². The van der Waals surface area contributed by atoms with Gasteiger partial charge in [-0.1, -0.05) is 30.3 Å². The quantitative estimate of drug-likeness (QED) is 0.911. The van der Waals surface area contributed by atoms with Gasteiger partial charge >= 0.3 is 6.09 Å². The lowest BCUT2D eigenvalue weighted by atomic mass is 9.94. The van der Waals surface area contributed by atoms with Gasteiger partial charge in [-0.2, -0.15) is 0 Å². The van der Waals surface area contributed by atoms with E-state index in [1.54, 1.807) is 4.90 Å². The lowest BCUT2D eigenvalue weighted by molar-refractivity contribution is -0.00767. The zero-order valence-electron chi connectivity index (χ0n) is 13.1. The Bertz CT molecular complexity index is 467. The molecule has 1 N–H and O–H groups in total. The molecule has 0 unspecified atom stereocenters. The fourth-order valence-corrected chi connectivity index (χ4v) is 2.67. The van der Waals surface area contributed by atoms with Gasteiger partial charge < -0.3 is 14.7 Å². The van der Waals surface area contributed by atoms with Gasteiger partial charge in [0.2, 0.25) is 0 Å². The number of carbonyl (C=O) groups excluding carboxylic acids is 1. The third-order valence-electron chi connectivity index (χ3n) is 3.63. The molecule has 0 aromatic heterocycles. The molecule has 2 atom stereocenters. The molecule has 0 saturated carbocycles. The lowest BCUT2D eigenvalue weighted by Crippen LogP contribution is -2.50. The molecule has 116 valence electrons. The Morgan fingerprint density at radius 2 is 2.00 bits per heavy atom. The summed E-state index contributed by atoms with van der Waals surface area (Å²) in [6, 6.07) is 10.1. The maximum absolute atomic E-state index is 12.3. The van der Waals surface area contributed by atoms with Gasteiger partial charge in [0.25, 0.3) is 0 Å². The first-order valence-corrected chi connectivity index (χ1v) is 7.57. The number of aliphatic hydroxyl groups is 1. The summed E-state index contributed by atoms with van der Waals surface area (Å²) in [6.45, 7) is 6.16. The first-order valence-electron chi connectivity index (χ1n) is 7.57. The van der Waals surface area contributed by atoms with E-state index < -0.39 is 5.60 Å². The summed E-state index contributed by atoms with van der Waals surface area (Å²) >= 11 is 0.